The number of hydrogen-bond acceptors (Lipinski definition) is 4. The van der Waals surface area contributed by atoms with Crippen LogP contribution in [0.5, 0.6) is 5.75 Å². The minimum atomic E-state index is -3.75. The van der Waals surface area contributed by atoms with Gasteiger partial charge in [0.2, 0.25) is 5.91 Å². The highest BCUT2D eigenvalue weighted by atomic mass is 32.2. The van der Waals surface area contributed by atoms with Crippen molar-refractivity contribution in [2.75, 3.05) is 22.8 Å². The van der Waals surface area contributed by atoms with Gasteiger partial charge in [0.1, 0.15) is 5.75 Å². The molecule has 7 heteroatoms. The van der Waals surface area contributed by atoms with Gasteiger partial charge in [0.25, 0.3) is 10.0 Å². The second-order valence-corrected chi connectivity index (χ2v) is 10.8. The first-order valence-electron chi connectivity index (χ1n) is 10.2. The molecule has 3 rings (SSSR count). The quantitative estimate of drug-likeness (QED) is 0.734. The van der Waals surface area contributed by atoms with Crippen molar-refractivity contribution in [3.05, 3.63) is 48.0 Å². The summed E-state index contributed by atoms with van der Waals surface area (Å²) in [6.45, 7) is 10.9. The number of ether oxygens (including phenoxy) is 1. The van der Waals surface area contributed by atoms with Gasteiger partial charge in [0.15, 0.2) is 0 Å². The summed E-state index contributed by atoms with van der Waals surface area (Å²) in [4.78, 5) is 14.6. The predicted molar refractivity (Wildman–Crippen MR) is 120 cm³/mol. The lowest BCUT2D eigenvalue weighted by atomic mass is 9.94. The Morgan fingerprint density at radius 1 is 1.13 bits per heavy atom. The second kappa shape index (κ2) is 8.30. The van der Waals surface area contributed by atoms with Gasteiger partial charge in [-0.3, -0.25) is 9.52 Å². The average molecular weight is 431 g/mol. The lowest BCUT2D eigenvalue weighted by Gasteiger charge is -2.26. The normalized spacial score (nSPS) is 14.0. The van der Waals surface area contributed by atoms with E-state index in [9.17, 15) is 13.2 Å². The highest BCUT2D eigenvalue weighted by Crippen LogP contribution is 2.34. The summed E-state index contributed by atoms with van der Waals surface area (Å²) in [5, 5.41) is 0. The van der Waals surface area contributed by atoms with Crippen molar-refractivity contribution >= 4 is 27.3 Å². The first kappa shape index (κ1) is 22.2. The summed E-state index contributed by atoms with van der Waals surface area (Å²) in [6.07, 6.45) is 0.766. The van der Waals surface area contributed by atoms with Crippen molar-refractivity contribution < 1.29 is 17.9 Å². The topological polar surface area (TPSA) is 75.7 Å². The van der Waals surface area contributed by atoms with Crippen molar-refractivity contribution in [2.24, 2.45) is 11.3 Å². The molecule has 0 saturated carbocycles. The monoisotopic (exact) mass is 430 g/mol. The molecule has 30 heavy (non-hydrogen) atoms. The molecule has 0 aromatic heterocycles. The maximum absolute atomic E-state index is 12.8. The number of carbonyl (C=O) groups excluding carboxylic acids is 1. The van der Waals surface area contributed by atoms with Crippen molar-refractivity contribution in [1.29, 1.82) is 0 Å². The number of anilines is 2. The van der Waals surface area contributed by atoms with Crippen molar-refractivity contribution in [2.45, 2.75) is 45.9 Å². The van der Waals surface area contributed by atoms with E-state index in [2.05, 4.69) is 18.6 Å². The van der Waals surface area contributed by atoms with E-state index in [4.69, 9.17) is 4.74 Å². The third-order valence-corrected chi connectivity index (χ3v) is 6.23. The van der Waals surface area contributed by atoms with E-state index >= 15 is 0 Å². The first-order chi connectivity index (χ1) is 14.0. The largest absolute Gasteiger partial charge is 0.493 e. The van der Waals surface area contributed by atoms with E-state index in [1.165, 1.54) is 12.1 Å². The molecule has 6 nitrogen and oxygen atoms in total. The van der Waals surface area contributed by atoms with E-state index in [0.29, 0.717) is 30.5 Å². The lowest BCUT2D eigenvalue weighted by molar-refractivity contribution is -0.125. The molecule has 1 aliphatic heterocycles. The Hall–Kier alpha value is -2.54. The molecule has 0 fully saturated rings. The van der Waals surface area contributed by atoms with Crippen LogP contribution in [-0.4, -0.2) is 27.5 Å². The molecule has 1 heterocycles. The molecule has 0 aliphatic carbocycles. The molecule has 0 bridgehead atoms. The van der Waals surface area contributed by atoms with Crippen LogP contribution < -0.4 is 14.4 Å². The predicted octanol–water partition coefficient (Wildman–Crippen LogP) is 4.46. The van der Waals surface area contributed by atoms with E-state index in [1.54, 1.807) is 29.2 Å². The molecule has 0 radical (unpaired) electrons. The maximum Gasteiger partial charge on any atom is 0.261 e. The molecule has 2 aromatic carbocycles. The third kappa shape index (κ3) is 4.95. The molecule has 0 unspecified atom stereocenters. The number of nitrogens with zero attached hydrogens (tertiary/aromatic N) is 1. The van der Waals surface area contributed by atoms with Crippen molar-refractivity contribution in [1.82, 2.24) is 0 Å². The number of hydrogen-bond donors (Lipinski definition) is 1. The highest BCUT2D eigenvalue weighted by molar-refractivity contribution is 7.92. The number of benzene rings is 2. The zero-order chi connectivity index (χ0) is 22.1. The summed E-state index contributed by atoms with van der Waals surface area (Å²) < 4.78 is 33.9. The van der Waals surface area contributed by atoms with Gasteiger partial charge in [-0.05, 0) is 54.3 Å². The molecule has 0 atom stereocenters. The Morgan fingerprint density at radius 2 is 1.80 bits per heavy atom. The Bertz CT molecular complexity index is 1020. The van der Waals surface area contributed by atoms with Gasteiger partial charge in [-0.2, -0.15) is 0 Å². The van der Waals surface area contributed by atoms with E-state index in [-0.39, 0.29) is 10.8 Å². The van der Waals surface area contributed by atoms with Crippen molar-refractivity contribution in [3.8, 4) is 5.75 Å². The fraction of sp³-hybridized carbons (Fsp3) is 0.435. The molecule has 2 aromatic rings. The molecule has 0 spiro atoms. The Kier molecular flexibility index (Phi) is 6.13. The average Bonchev–Trinajstić information content (AvgIpc) is 3.08. The van der Waals surface area contributed by atoms with Crippen LogP contribution in [0.15, 0.2) is 47.4 Å². The summed E-state index contributed by atoms with van der Waals surface area (Å²) in [5.74, 6) is 1.05. The van der Waals surface area contributed by atoms with Gasteiger partial charge in [-0.25, -0.2) is 8.42 Å². The van der Waals surface area contributed by atoms with Crippen LogP contribution >= 0.6 is 0 Å². The van der Waals surface area contributed by atoms with Crippen LogP contribution in [0.4, 0.5) is 11.4 Å². The fourth-order valence-corrected chi connectivity index (χ4v) is 4.30. The second-order valence-electron chi connectivity index (χ2n) is 9.08. The van der Waals surface area contributed by atoms with E-state index in [1.807, 2.05) is 26.8 Å². The summed E-state index contributed by atoms with van der Waals surface area (Å²) in [7, 11) is -3.75. The SMILES string of the molecule is CC(C)COc1ccc(S(=O)(=O)Nc2ccc3c(c2)N(C(=O)C(C)(C)C)CC3)cc1. The summed E-state index contributed by atoms with van der Waals surface area (Å²) in [6, 6.07) is 11.7. The van der Waals surface area contributed by atoms with Crippen LogP contribution in [0.2, 0.25) is 0 Å². The van der Waals surface area contributed by atoms with Crippen LogP contribution in [0.1, 0.15) is 40.2 Å². The Labute approximate surface area is 179 Å². The van der Waals surface area contributed by atoms with Gasteiger partial charge in [-0.15, -0.1) is 0 Å². The number of carbonyl (C=O) groups is 1. The Balaban J connectivity index is 1.79. The highest BCUT2D eigenvalue weighted by Gasteiger charge is 2.32. The van der Waals surface area contributed by atoms with Crippen LogP contribution in [0.3, 0.4) is 0 Å². The lowest BCUT2D eigenvalue weighted by Crippen LogP contribution is -2.38. The smallest absolute Gasteiger partial charge is 0.261 e. The molecule has 162 valence electrons. The van der Waals surface area contributed by atoms with Crippen molar-refractivity contribution in [3.63, 3.8) is 0 Å². The van der Waals surface area contributed by atoms with Crippen LogP contribution in [0, 0.1) is 11.3 Å². The zero-order valence-corrected chi connectivity index (χ0v) is 19.0. The van der Waals surface area contributed by atoms with Gasteiger partial charge in [0, 0.05) is 17.6 Å². The van der Waals surface area contributed by atoms with E-state index in [0.717, 1.165) is 17.7 Å². The molecular formula is C23H30N2O4S. The number of nitrogens with one attached hydrogen (secondary N) is 1. The first-order valence-corrected chi connectivity index (χ1v) is 11.7. The summed E-state index contributed by atoms with van der Waals surface area (Å²) >= 11 is 0. The molecule has 1 aliphatic rings. The number of fused-ring (bicyclic) bond motifs is 1. The van der Waals surface area contributed by atoms with Crippen LogP contribution in [-0.2, 0) is 21.2 Å². The van der Waals surface area contributed by atoms with Gasteiger partial charge < -0.3 is 9.64 Å². The Morgan fingerprint density at radius 3 is 2.40 bits per heavy atom. The number of rotatable bonds is 6. The van der Waals surface area contributed by atoms with Crippen LogP contribution in [0.25, 0.3) is 0 Å². The molecule has 1 N–H and O–H groups in total. The zero-order valence-electron chi connectivity index (χ0n) is 18.2. The minimum Gasteiger partial charge on any atom is -0.493 e. The van der Waals surface area contributed by atoms with Gasteiger partial charge >= 0.3 is 0 Å². The number of amides is 1. The van der Waals surface area contributed by atoms with Gasteiger partial charge in [0.05, 0.1) is 17.2 Å². The fourth-order valence-electron chi connectivity index (χ4n) is 3.25. The molecular weight excluding hydrogens is 400 g/mol. The maximum atomic E-state index is 12.8. The minimum absolute atomic E-state index is 0.0262. The third-order valence-electron chi connectivity index (χ3n) is 4.84. The number of sulfonamides is 1. The molecule has 0 saturated heterocycles. The standard InChI is InChI=1S/C23H30N2O4S/c1-16(2)15-29-19-8-10-20(11-9-19)30(27,28)24-18-7-6-17-12-13-25(21(17)14-18)22(26)23(3,4)5/h6-11,14,16,24H,12-13,15H2,1-5H3. The molecule has 1 amide bonds. The van der Waals surface area contributed by atoms with Gasteiger partial charge in [-0.1, -0.05) is 40.7 Å². The summed E-state index contributed by atoms with van der Waals surface area (Å²) in [5.41, 5.74) is 1.74. The van der Waals surface area contributed by atoms with E-state index < -0.39 is 15.4 Å².